The molecule has 2 aromatic carbocycles. The predicted molar refractivity (Wildman–Crippen MR) is 105 cm³/mol. The Morgan fingerprint density at radius 2 is 1.81 bits per heavy atom. The summed E-state index contributed by atoms with van der Waals surface area (Å²) in [6.07, 6.45) is 0. The summed E-state index contributed by atoms with van der Waals surface area (Å²) >= 11 is 1.35. The number of carbonyl (C=O) groups excluding carboxylic acids is 1. The molecule has 3 aromatic rings. The van der Waals surface area contributed by atoms with Gasteiger partial charge in [0.2, 0.25) is 0 Å². The second-order valence-electron chi connectivity index (χ2n) is 6.86. The molecule has 0 bridgehead atoms. The lowest BCUT2D eigenvalue weighted by Crippen LogP contribution is -3.06. The van der Waals surface area contributed by atoms with E-state index < -0.39 is 23.1 Å². The van der Waals surface area contributed by atoms with Gasteiger partial charge < -0.3 is 4.90 Å². The molecule has 1 N–H and O–H groups in total. The summed E-state index contributed by atoms with van der Waals surface area (Å²) in [5, 5.41) is 0.451. The van der Waals surface area contributed by atoms with Gasteiger partial charge in [0.05, 0.1) is 37.4 Å². The van der Waals surface area contributed by atoms with E-state index in [4.69, 9.17) is 0 Å². The molecule has 0 aliphatic heterocycles. The van der Waals surface area contributed by atoms with Crippen molar-refractivity contribution < 1.29 is 18.5 Å². The van der Waals surface area contributed by atoms with Crippen LogP contribution in [0.25, 0.3) is 10.2 Å². The van der Waals surface area contributed by atoms with E-state index in [-0.39, 0.29) is 0 Å². The average Bonchev–Trinajstić information content (AvgIpc) is 3.03. The first kappa shape index (κ1) is 19.4. The molecule has 0 aliphatic rings. The van der Waals surface area contributed by atoms with Crippen molar-refractivity contribution in [3.63, 3.8) is 0 Å². The van der Waals surface area contributed by atoms with E-state index in [0.29, 0.717) is 18.2 Å². The van der Waals surface area contributed by atoms with Gasteiger partial charge in [-0.25, -0.2) is 13.8 Å². The van der Waals surface area contributed by atoms with Crippen molar-refractivity contribution >= 4 is 32.6 Å². The van der Waals surface area contributed by atoms with Crippen LogP contribution in [0.3, 0.4) is 0 Å². The van der Waals surface area contributed by atoms with Crippen LogP contribution in [-0.2, 0) is 0 Å². The maximum atomic E-state index is 14.2. The number of rotatable bonds is 5. The summed E-state index contributed by atoms with van der Waals surface area (Å²) in [6.45, 7) is 4.91. The highest BCUT2D eigenvalue weighted by molar-refractivity contribution is 7.22. The van der Waals surface area contributed by atoms with Crippen LogP contribution in [0.15, 0.2) is 30.3 Å². The van der Waals surface area contributed by atoms with Crippen molar-refractivity contribution in [1.82, 2.24) is 4.98 Å². The fourth-order valence-corrected chi connectivity index (χ4v) is 3.84. The maximum absolute atomic E-state index is 14.2. The van der Waals surface area contributed by atoms with Gasteiger partial charge in [-0.1, -0.05) is 23.5 Å². The van der Waals surface area contributed by atoms with E-state index in [1.807, 2.05) is 40.1 Å². The van der Waals surface area contributed by atoms with E-state index in [2.05, 4.69) is 4.98 Å². The van der Waals surface area contributed by atoms with Crippen LogP contribution >= 0.6 is 11.3 Å². The number of aromatic nitrogens is 1. The molecule has 7 heteroatoms. The minimum absolute atomic E-state index is 0.312. The lowest BCUT2D eigenvalue weighted by Gasteiger charge is -2.21. The third-order valence-electron chi connectivity index (χ3n) is 4.56. The van der Waals surface area contributed by atoms with Crippen LogP contribution in [0.2, 0.25) is 0 Å². The summed E-state index contributed by atoms with van der Waals surface area (Å²) in [7, 11) is 3.91. The van der Waals surface area contributed by atoms with Crippen LogP contribution in [0.4, 0.5) is 13.9 Å². The molecule has 0 saturated heterocycles. The van der Waals surface area contributed by atoms with Crippen LogP contribution < -0.4 is 9.80 Å². The van der Waals surface area contributed by atoms with Gasteiger partial charge in [-0.05, 0) is 43.2 Å². The van der Waals surface area contributed by atoms with Gasteiger partial charge in [0, 0.05) is 0 Å². The van der Waals surface area contributed by atoms with Gasteiger partial charge in [-0.15, -0.1) is 0 Å². The van der Waals surface area contributed by atoms with E-state index in [1.165, 1.54) is 22.3 Å². The van der Waals surface area contributed by atoms with E-state index in [1.54, 1.807) is 0 Å². The number of fused-ring (bicyclic) bond motifs is 1. The van der Waals surface area contributed by atoms with Gasteiger partial charge >= 0.3 is 0 Å². The van der Waals surface area contributed by atoms with Crippen molar-refractivity contribution in [1.29, 1.82) is 0 Å². The fourth-order valence-electron chi connectivity index (χ4n) is 2.79. The van der Waals surface area contributed by atoms with Crippen LogP contribution in [0.5, 0.6) is 0 Å². The Balaban J connectivity index is 2.09. The smallest absolute Gasteiger partial charge is 0.266 e. The molecule has 0 atom stereocenters. The summed E-state index contributed by atoms with van der Waals surface area (Å²) in [5.74, 6) is -2.44. The number of benzene rings is 2. The molecule has 0 fully saturated rings. The summed E-state index contributed by atoms with van der Waals surface area (Å²) in [5.41, 5.74) is 2.42. The van der Waals surface area contributed by atoms with Crippen molar-refractivity contribution in [2.75, 3.05) is 32.1 Å². The predicted octanol–water partition coefficient (Wildman–Crippen LogP) is 2.98. The molecule has 142 valence electrons. The molecule has 1 amide bonds. The molecule has 3 rings (SSSR count). The van der Waals surface area contributed by atoms with Gasteiger partial charge in [0.1, 0.15) is 17.2 Å². The second-order valence-corrected chi connectivity index (χ2v) is 7.87. The monoisotopic (exact) mass is 390 g/mol. The fraction of sp³-hybridized carbons (Fsp3) is 0.300. The molecule has 1 aromatic heterocycles. The zero-order valence-corrected chi connectivity index (χ0v) is 16.6. The van der Waals surface area contributed by atoms with E-state index in [9.17, 15) is 13.6 Å². The SMILES string of the molecule is Cc1ccc2sc(N(CC[NH+](C)C)C(=O)c3c(F)cccc3F)nc2c1C. The lowest BCUT2D eigenvalue weighted by molar-refractivity contribution is -0.856. The number of thiazole rings is 1. The number of amides is 1. The molecule has 0 aliphatic carbocycles. The van der Waals surface area contributed by atoms with Crippen molar-refractivity contribution in [3.8, 4) is 0 Å². The topological polar surface area (TPSA) is 37.6 Å². The number of carbonyl (C=O) groups is 1. The molecule has 27 heavy (non-hydrogen) atoms. The Bertz CT molecular complexity index is 980. The van der Waals surface area contributed by atoms with Gasteiger partial charge in [0.25, 0.3) is 5.91 Å². The Morgan fingerprint density at radius 3 is 2.44 bits per heavy atom. The molecule has 4 nitrogen and oxygen atoms in total. The normalized spacial score (nSPS) is 11.4. The first-order valence-corrected chi connectivity index (χ1v) is 9.53. The Labute approximate surface area is 161 Å². The Kier molecular flexibility index (Phi) is 5.53. The number of halogens is 2. The lowest BCUT2D eigenvalue weighted by atomic mass is 10.1. The molecular formula is C20H22F2N3OS+. The number of hydrogen-bond donors (Lipinski definition) is 1. The summed E-state index contributed by atoms with van der Waals surface area (Å²) in [4.78, 5) is 20.2. The highest BCUT2D eigenvalue weighted by Crippen LogP contribution is 2.32. The molecular weight excluding hydrogens is 368 g/mol. The number of likely N-dealkylation sites (N-methyl/N-ethyl adjacent to an activating group) is 1. The van der Waals surface area contributed by atoms with Crippen molar-refractivity contribution in [2.45, 2.75) is 13.8 Å². The summed E-state index contributed by atoms with van der Waals surface area (Å²) in [6, 6.07) is 7.41. The maximum Gasteiger partial charge on any atom is 0.266 e. The summed E-state index contributed by atoms with van der Waals surface area (Å²) < 4.78 is 29.3. The number of nitrogens with zero attached hydrogens (tertiary/aromatic N) is 2. The second kappa shape index (κ2) is 7.70. The van der Waals surface area contributed by atoms with Gasteiger partial charge in [0.15, 0.2) is 5.13 Å². The minimum atomic E-state index is -0.865. The average molecular weight is 390 g/mol. The van der Waals surface area contributed by atoms with Crippen LogP contribution in [0.1, 0.15) is 21.5 Å². The Hall–Kier alpha value is -2.38. The zero-order valence-electron chi connectivity index (χ0n) is 15.8. The number of anilines is 1. The molecule has 0 spiro atoms. The first-order chi connectivity index (χ1) is 12.8. The molecule has 0 saturated carbocycles. The first-order valence-electron chi connectivity index (χ1n) is 8.71. The minimum Gasteiger partial charge on any atom is -0.338 e. The Morgan fingerprint density at radius 1 is 1.15 bits per heavy atom. The number of nitrogens with one attached hydrogen (secondary N) is 1. The highest BCUT2D eigenvalue weighted by atomic mass is 32.1. The van der Waals surface area contributed by atoms with Crippen LogP contribution in [-0.4, -0.2) is 38.1 Å². The highest BCUT2D eigenvalue weighted by Gasteiger charge is 2.27. The quantitative estimate of drug-likeness (QED) is 0.727. The molecule has 0 unspecified atom stereocenters. The molecule has 0 radical (unpaired) electrons. The third kappa shape index (κ3) is 3.84. The molecule has 1 heterocycles. The van der Waals surface area contributed by atoms with Crippen molar-refractivity contribution in [3.05, 3.63) is 58.7 Å². The van der Waals surface area contributed by atoms with Gasteiger partial charge in [-0.3, -0.25) is 9.69 Å². The van der Waals surface area contributed by atoms with Gasteiger partial charge in [-0.2, -0.15) is 0 Å². The van der Waals surface area contributed by atoms with Crippen LogP contribution in [0, 0.1) is 25.5 Å². The largest absolute Gasteiger partial charge is 0.338 e. The standard InChI is InChI=1S/C20H21F2N3OS/c1-12-8-9-16-18(13(12)2)23-20(27-16)25(11-10-24(3)4)19(26)17-14(21)6-5-7-15(17)22/h5-9H,10-11H2,1-4H3/p+1. The zero-order chi connectivity index (χ0) is 19.7. The number of aryl methyl sites for hydroxylation is 2. The van der Waals surface area contributed by atoms with E-state index >= 15 is 0 Å². The van der Waals surface area contributed by atoms with Crippen molar-refractivity contribution in [2.24, 2.45) is 0 Å². The van der Waals surface area contributed by atoms with E-state index in [0.717, 1.165) is 38.4 Å². The number of quaternary nitrogens is 1. The third-order valence-corrected chi connectivity index (χ3v) is 5.61. The number of hydrogen-bond acceptors (Lipinski definition) is 3.